The van der Waals surface area contributed by atoms with Gasteiger partial charge < -0.3 is 20.1 Å². The summed E-state index contributed by atoms with van der Waals surface area (Å²) in [5.41, 5.74) is 2.34. The number of aliphatic hydroxyl groups excluding tert-OH is 2. The van der Waals surface area contributed by atoms with Crippen molar-refractivity contribution in [2.45, 2.75) is 153 Å². The molecule has 0 aromatic heterocycles. The van der Waals surface area contributed by atoms with Crippen molar-refractivity contribution in [1.29, 1.82) is 0 Å². The lowest BCUT2D eigenvalue weighted by Crippen LogP contribution is -2.67. The summed E-state index contributed by atoms with van der Waals surface area (Å²) in [7, 11) is 1.81. The highest BCUT2D eigenvalue weighted by molar-refractivity contribution is 5.21. The van der Waals surface area contributed by atoms with E-state index in [4.69, 9.17) is 4.74 Å². The Kier molecular flexibility index (Phi) is 11.4. The molecule has 0 radical (unpaired) electrons. The summed E-state index contributed by atoms with van der Waals surface area (Å²) in [6, 6.07) is 22.4. The Balaban J connectivity index is 0.902. The third-order valence-corrected chi connectivity index (χ3v) is 18.7. The van der Waals surface area contributed by atoms with Crippen molar-refractivity contribution in [1.82, 2.24) is 4.90 Å². The minimum Gasteiger partial charge on any atom is -0.393 e. The largest absolute Gasteiger partial charge is 0.393 e. The molecule has 2 heterocycles. The molecule has 0 bridgehead atoms. The first-order valence-electron chi connectivity index (χ1n) is 23.5. The molecule has 0 amide bonds. The van der Waals surface area contributed by atoms with Crippen LogP contribution in [0, 0.1) is 64.1 Å². The predicted molar refractivity (Wildman–Crippen MR) is 225 cm³/mol. The first kappa shape index (κ1) is 39.7. The van der Waals surface area contributed by atoms with E-state index in [0.717, 1.165) is 76.9 Å². The average molecular weight is 766 g/mol. The number of nitrogens with zero attached hydrogens (tertiary/aromatic N) is 1. The highest BCUT2D eigenvalue weighted by Gasteiger charge is 2.67. The van der Waals surface area contributed by atoms with E-state index >= 15 is 0 Å². The summed E-state index contributed by atoms with van der Waals surface area (Å²) < 4.78 is 5.47. The molecule has 5 aliphatic carbocycles. The Hall–Kier alpha value is -1.76. The summed E-state index contributed by atoms with van der Waals surface area (Å²) in [5, 5.41) is 36.7. The van der Waals surface area contributed by atoms with Crippen molar-refractivity contribution >= 4 is 0 Å². The average Bonchev–Trinajstić information content (AvgIpc) is 3.78. The van der Waals surface area contributed by atoms with Gasteiger partial charge in [0.25, 0.3) is 0 Å². The summed E-state index contributed by atoms with van der Waals surface area (Å²) in [6.45, 7) is 7.95. The Morgan fingerprint density at radius 1 is 0.768 bits per heavy atom. The van der Waals surface area contributed by atoms with Crippen LogP contribution in [0.25, 0.3) is 0 Å². The van der Waals surface area contributed by atoms with Crippen LogP contribution in [0.15, 0.2) is 60.7 Å². The van der Waals surface area contributed by atoms with Crippen molar-refractivity contribution in [2.75, 3.05) is 26.8 Å². The molecule has 2 saturated heterocycles. The maximum absolute atomic E-state index is 12.5. The van der Waals surface area contributed by atoms with Crippen LogP contribution < -0.4 is 0 Å². The summed E-state index contributed by atoms with van der Waals surface area (Å²) in [4.78, 5) is 2.78. The fourth-order valence-corrected chi connectivity index (χ4v) is 16.3. The molecule has 2 aromatic rings. The van der Waals surface area contributed by atoms with Gasteiger partial charge in [-0.05, 0) is 197 Å². The number of methoxy groups -OCH3 is 1. The van der Waals surface area contributed by atoms with Crippen molar-refractivity contribution < 1.29 is 20.1 Å². The highest BCUT2D eigenvalue weighted by Crippen LogP contribution is 2.71. The van der Waals surface area contributed by atoms with Crippen molar-refractivity contribution in [3.05, 3.63) is 71.8 Å². The van der Waals surface area contributed by atoms with E-state index in [0.29, 0.717) is 53.4 Å². The third-order valence-electron chi connectivity index (χ3n) is 18.7. The van der Waals surface area contributed by atoms with Gasteiger partial charge in [0, 0.05) is 32.8 Å². The van der Waals surface area contributed by atoms with E-state index in [-0.39, 0.29) is 29.0 Å². The fourth-order valence-electron chi connectivity index (χ4n) is 16.3. The van der Waals surface area contributed by atoms with Crippen LogP contribution in [0.1, 0.15) is 134 Å². The molecule has 7 fully saturated rings. The molecule has 1 spiro atoms. The number of aliphatic hydroxyl groups is 3. The van der Waals surface area contributed by atoms with Gasteiger partial charge in [-0.1, -0.05) is 67.6 Å². The van der Waals surface area contributed by atoms with Crippen LogP contribution >= 0.6 is 0 Å². The Labute approximate surface area is 339 Å². The number of piperidine rings is 2. The second-order valence-electron chi connectivity index (χ2n) is 21.5. The maximum Gasteiger partial charge on any atom is 0.0805 e. The lowest BCUT2D eigenvalue weighted by molar-refractivity contribution is -0.180. The van der Waals surface area contributed by atoms with Gasteiger partial charge in [0.15, 0.2) is 0 Å². The normalized spacial score (nSPS) is 45.0. The number of fused-ring (bicyclic) bond motifs is 8. The Morgan fingerprint density at radius 2 is 1.55 bits per heavy atom. The predicted octanol–water partition coefficient (Wildman–Crippen LogP) is 9.68. The van der Waals surface area contributed by atoms with Crippen LogP contribution in [0.2, 0.25) is 0 Å². The lowest BCUT2D eigenvalue weighted by atomic mass is 9.46. The van der Waals surface area contributed by atoms with Gasteiger partial charge in [0.05, 0.1) is 17.8 Å². The van der Waals surface area contributed by atoms with Crippen LogP contribution in [-0.2, 0) is 11.2 Å². The van der Waals surface area contributed by atoms with Crippen LogP contribution in [0.4, 0.5) is 0 Å². The zero-order valence-corrected chi connectivity index (χ0v) is 35.1. The van der Waals surface area contributed by atoms with Crippen LogP contribution in [-0.4, -0.2) is 70.9 Å². The molecule has 7 aliphatic rings. The molecular formula is C51H75NO4. The van der Waals surface area contributed by atoms with E-state index in [9.17, 15) is 15.3 Å². The van der Waals surface area contributed by atoms with E-state index in [1.54, 1.807) is 0 Å². The second-order valence-corrected chi connectivity index (χ2v) is 21.5. The summed E-state index contributed by atoms with van der Waals surface area (Å²) in [5.74, 6) is 5.58. The lowest BCUT2D eigenvalue weighted by Gasteiger charge is -2.60. The van der Waals surface area contributed by atoms with Crippen molar-refractivity contribution in [2.24, 2.45) is 64.1 Å². The number of ether oxygens (including phenoxy) is 1. The number of hydrogen-bond acceptors (Lipinski definition) is 5. The van der Waals surface area contributed by atoms with Crippen molar-refractivity contribution in [3.8, 4) is 0 Å². The van der Waals surface area contributed by atoms with Gasteiger partial charge in [0.2, 0.25) is 0 Å². The van der Waals surface area contributed by atoms with Crippen molar-refractivity contribution in [3.63, 3.8) is 0 Å². The van der Waals surface area contributed by atoms with E-state index in [1.807, 2.05) is 7.11 Å². The van der Waals surface area contributed by atoms with Gasteiger partial charge in [0.1, 0.15) is 0 Å². The number of rotatable bonds is 11. The molecule has 2 aromatic carbocycles. The zero-order chi connectivity index (χ0) is 38.7. The highest BCUT2D eigenvalue weighted by atomic mass is 16.5. The standard InChI is InChI=1S/C51H75NO4/c1-49-33-51(24-23-36(30-51)26-38(18-11-25-56-3)37-16-8-5-9-17-37)48(54)29-45(49)46(53)28-41-39-20-21-43-42(40(39)27-44(41)49)32-52-31-35(19-22-47(52)50(43,2)55)15-10-14-34-12-6-4-7-13-34/h4-9,12-13,16-17,35-36,38-48,53-55H,10-11,14-15,18-33H2,1-3H3/t35-,36-,38+,39+,40+,41+,42-,43+,44-,45+,46-,47-,48+,49+,50-,51+/m0/s1. The monoisotopic (exact) mass is 766 g/mol. The maximum atomic E-state index is 12.5. The molecule has 0 unspecified atom stereocenters. The molecule has 5 saturated carbocycles. The summed E-state index contributed by atoms with van der Waals surface area (Å²) in [6.07, 6.45) is 18.9. The molecule has 2 aliphatic heterocycles. The molecule has 308 valence electrons. The molecule has 5 nitrogen and oxygen atoms in total. The zero-order valence-electron chi connectivity index (χ0n) is 35.1. The molecule has 56 heavy (non-hydrogen) atoms. The minimum atomic E-state index is -0.623. The molecule has 16 atom stereocenters. The second kappa shape index (κ2) is 16.0. The summed E-state index contributed by atoms with van der Waals surface area (Å²) >= 11 is 0. The first-order valence-corrected chi connectivity index (χ1v) is 23.5. The fraction of sp³-hybridized carbons (Fsp3) is 0.765. The topological polar surface area (TPSA) is 73.2 Å². The number of aryl methyl sites for hydroxylation is 1. The number of hydrogen-bond donors (Lipinski definition) is 3. The quantitative estimate of drug-likeness (QED) is 0.199. The van der Waals surface area contributed by atoms with E-state index in [1.165, 1.54) is 69.0 Å². The van der Waals surface area contributed by atoms with Gasteiger partial charge >= 0.3 is 0 Å². The Bertz CT molecular complexity index is 1600. The van der Waals surface area contributed by atoms with Gasteiger partial charge in [-0.25, -0.2) is 0 Å². The molecule has 3 N–H and O–H groups in total. The van der Waals surface area contributed by atoms with Gasteiger partial charge in [-0.3, -0.25) is 4.90 Å². The first-order chi connectivity index (χ1) is 27.1. The smallest absolute Gasteiger partial charge is 0.0805 e. The van der Waals surface area contributed by atoms with Gasteiger partial charge in [-0.15, -0.1) is 0 Å². The Morgan fingerprint density at radius 3 is 2.34 bits per heavy atom. The minimum absolute atomic E-state index is 0.0212. The van der Waals surface area contributed by atoms with Crippen LogP contribution in [0.3, 0.4) is 0 Å². The number of benzene rings is 2. The van der Waals surface area contributed by atoms with E-state index < -0.39 is 5.60 Å². The van der Waals surface area contributed by atoms with E-state index in [2.05, 4.69) is 79.4 Å². The molecule has 5 heteroatoms. The SMILES string of the molecule is COCCC[C@H](C[C@@H]1CC[C@@]2(C1)C[C@@]1(C)[C@H](C[C@H]2O)[C@@H](O)C[C@@H]2[C@@H]3CC[C@@H]4[C@@H](CN5C[C@@H](CCCc6ccccc6)CC[C@H]5[C@@]4(C)O)[C@@H]3C[C@@H]21)c1ccccc1. The molecule has 9 rings (SSSR count). The van der Waals surface area contributed by atoms with Crippen LogP contribution in [0.5, 0.6) is 0 Å². The third kappa shape index (κ3) is 7.18. The molecular weight excluding hydrogens is 691 g/mol. The van der Waals surface area contributed by atoms with Gasteiger partial charge in [-0.2, -0.15) is 0 Å².